The largest absolute Gasteiger partial charge is 0.378 e. The van der Waals surface area contributed by atoms with Crippen molar-refractivity contribution >= 4 is 8.80 Å². The lowest BCUT2D eigenvalue weighted by Crippen LogP contribution is -2.19. The zero-order valence-corrected chi connectivity index (χ0v) is 10.6. The summed E-state index contributed by atoms with van der Waals surface area (Å²) in [5.74, 6) is 0.682. The zero-order valence-electron chi connectivity index (χ0n) is 9.60. The normalized spacial score (nSPS) is 22.7. The number of allylic oxidation sites excluding steroid dienone is 3. The third kappa shape index (κ3) is 1.88. The number of hydrogen-bond donors (Lipinski definition) is 0. The van der Waals surface area contributed by atoms with Crippen molar-refractivity contribution in [2.24, 2.45) is 5.92 Å². The summed E-state index contributed by atoms with van der Waals surface area (Å²) in [7, 11) is 3.98. The van der Waals surface area contributed by atoms with Crippen molar-refractivity contribution in [2.45, 2.75) is 26.9 Å². The van der Waals surface area contributed by atoms with E-state index in [1.54, 1.807) is 5.20 Å². The fourth-order valence-corrected chi connectivity index (χ4v) is 3.83. The van der Waals surface area contributed by atoms with Crippen LogP contribution in [0, 0.1) is 5.92 Å². The smallest absolute Gasteiger partial charge is 0.0772 e. The average Bonchev–Trinajstić information content (AvgIpc) is 2.28. The van der Waals surface area contributed by atoms with Crippen molar-refractivity contribution in [3.8, 4) is 0 Å². The molecule has 1 unspecified atom stereocenters. The minimum absolute atomic E-state index is 0.300. The summed E-state index contributed by atoms with van der Waals surface area (Å²) in [4.78, 5) is 2.25. The van der Waals surface area contributed by atoms with Gasteiger partial charge >= 0.3 is 0 Å². The van der Waals surface area contributed by atoms with E-state index in [-0.39, 0.29) is 8.80 Å². The zero-order chi connectivity index (χ0) is 10.2. The Morgan fingerprint density at radius 1 is 1.31 bits per heavy atom. The highest BCUT2D eigenvalue weighted by atomic mass is 28.3. The molecule has 0 bridgehead atoms. The molecule has 1 rings (SSSR count). The van der Waals surface area contributed by atoms with Crippen molar-refractivity contribution in [1.29, 1.82) is 0 Å². The fourth-order valence-electron chi connectivity index (χ4n) is 1.93. The van der Waals surface area contributed by atoms with Crippen LogP contribution in [-0.2, 0) is 0 Å². The maximum Gasteiger partial charge on any atom is 0.0772 e. The molecule has 0 saturated carbocycles. The van der Waals surface area contributed by atoms with E-state index in [1.165, 1.54) is 11.3 Å². The highest BCUT2D eigenvalue weighted by Gasteiger charge is 2.24. The van der Waals surface area contributed by atoms with Crippen molar-refractivity contribution < 1.29 is 0 Å². The monoisotopic (exact) mass is 194 g/mol. The SMILES string of the molecule is CC1=CC(N(C)C)=C([Si](C)C)C1C. The molecule has 0 aromatic rings. The van der Waals surface area contributed by atoms with Gasteiger partial charge in [0.1, 0.15) is 0 Å². The highest BCUT2D eigenvalue weighted by molar-refractivity contribution is 6.64. The molecule has 0 aromatic carbocycles. The maximum absolute atomic E-state index is 2.38. The molecule has 0 aromatic heterocycles. The van der Waals surface area contributed by atoms with Crippen LogP contribution in [-0.4, -0.2) is 27.8 Å². The molecule has 0 fully saturated rings. The summed E-state index contributed by atoms with van der Waals surface area (Å²) in [5.41, 5.74) is 2.98. The lowest BCUT2D eigenvalue weighted by Gasteiger charge is -2.20. The first-order valence-corrected chi connectivity index (χ1v) is 7.35. The van der Waals surface area contributed by atoms with E-state index < -0.39 is 0 Å². The first kappa shape index (κ1) is 10.6. The average molecular weight is 194 g/mol. The van der Waals surface area contributed by atoms with Crippen LogP contribution in [0.1, 0.15) is 13.8 Å². The van der Waals surface area contributed by atoms with Crippen molar-refractivity contribution in [3.05, 3.63) is 22.5 Å². The summed E-state index contributed by atoms with van der Waals surface area (Å²) in [5, 5.41) is 1.69. The predicted molar refractivity (Wildman–Crippen MR) is 61.1 cm³/mol. The van der Waals surface area contributed by atoms with E-state index in [2.05, 4.69) is 52.0 Å². The maximum atomic E-state index is 2.38. The quantitative estimate of drug-likeness (QED) is 0.611. The Bertz CT molecular complexity index is 261. The number of hydrogen-bond acceptors (Lipinski definition) is 1. The molecule has 0 spiro atoms. The molecule has 0 saturated heterocycles. The van der Waals surface area contributed by atoms with Gasteiger partial charge in [-0.15, -0.1) is 0 Å². The molecule has 73 valence electrons. The van der Waals surface area contributed by atoms with Gasteiger partial charge in [-0.1, -0.05) is 30.8 Å². The third-order valence-corrected chi connectivity index (χ3v) is 4.54. The van der Waals surface area contributed by atoms with Gasteiger partial charge in [0.2, 0.25) is 0 Å². The topological polar surface area (TPSA) is 3.24 Å². The van der Waals surface area contributed by atoms with Crippen LogP contribution in [0.25, 0.3) is 0 Å². The first-order chi connectivity index (χ1) is 5.95. The van der Waals surface area contributed by atoms with E-state index in [4.69, 9.17) is 0 Å². The predicted octanol–water partition coefficient (Wildman–Crippen LogP) is 2.69. The molecule has 1 aliphatic rings. The molecule has 1 aliphatic carbocycles. The second-order valence-corrected chi connectivity index (χ2v) is 6.84. The Morgan fingerprint density at radius 2 is 1.85 bits per heavy atom. The molecule has 1 nitrogen and oxygen atoms in total. The Labute approximate surface area is 83.7 Å². The number of nitrogens with zero attached hydrogens (tertiary/aromatic N) is 1. The Balaban J connectivity index is 3.06. The Kier molecular flexibility index (Phi) is 3.01. The van der Waals surface area contributed by atoms with E-state index in [0.29, 0.717) is 5.92 Å². The van der Waals surface area contributed by atoms with Gasteiger partial charge in [0.05, 0.1) is 8.80 Å². The van der Waals surface area contributed by atoms with Gasteiger partial charge in [0.15, 0.2) is 0 Å². The van der Waals surface area contributed by atoms with Gasteiger partial charge in [-0.3, -0.25) is 0 Å². The summed E-state index contributed by atoms with van der Waals surface area (Å²) >= 11 is 0. The second-order valence-electron chi connectivity index (χ2n) is 4.30. The lowest BCUT2D eigenvalue weighted by atomic mass is 10.1. The first-order valence-electron chi connectivity index (χ1n) is 4.85. The van der Waals surface area contributed by atoms with Gasteiger partial charge in [-0.2, -0.15) is 0 Å². The van der Waals surface area contributed by atoms with Crippen LogP contribution in [0.3, 0.4) is 0 Å². The van der Waals surface area contributed by atoms with E-state index in [0.717, 1.165) is 0 Å². The van der Waals surface area contributed by atoms with Gasteiger partial charge in [-0.25, -0.2) is 0 Å². The molecule has 0 N–H and O–H groups in total. The molecule has 0 aliphatic heterocycles. The second kappa shape index (κ2) is 3.70. The van der Waals surface area contributed by atoms with Crippen LogP contribution in [0.15, 0.2) is 22.5 Å². The van der Waals surface area contributed by atoms with Crippen LogP contribution in [0.5, 0.6) is 0 Å². The molecule has 2 heteroatoms. The highest BCUT2D eigenvalue weighted by Crippen LogP contribution is 2.33. The number of likely N-dealkylation sites (N-methyl/N-ethyl adjacent to an activating group) is 1. The van der Waals surface area contributed by atoms with Crippen molar-refractivity contribution in [1.82, 2.24) is 4.90 Å². The minimum Gasteiger partial charge on any atom is -0.378 e. The number of rotatable bonds is 2. The summed E-state index contributed by atoms with van der Waals surface area (Å²) in [6, 6.07) is 0. The Morgan fingerprint density at radius 3 is 2.15 bits per heavy atom. The van der Waals surface area contributed by atoms with E-state index in [1.807, 2.05) is 0 Å². The fraction of sp³-hybridized carbons (Fsp3) is 0.636. The van der Waals surface area contributed by atoms with Gasteiger partial charge < -0.3 is 4.90 Å². The molecular formula is C11H20NSi. The summed E-state index contributed by atoms with van der Waals surface area (Å²) < 4.78 is 0. The van der Waals surface area contributed by atoms with Crippen LogP contribution in [0.4, 0.5) is 0 Å². The molecule has 0 amide bonds. The molecule has 1 atom stereocenters. The van der Waals surface area contributed by atoms with Crippen LogP contribution < -0.4 is 0 Å². The lowest BCUT2D eigenvalue weighted by molar-refractivity contribution is 0.526. The minimum atomic E-state index is -0.300. The van der Waals surface area contributed by atoms with E-state index >= 15 is 0 Å². The third-order valence-electron chi connectivity index (χ3n) is 2.78. The van der Waals surface area contributed by atoms with E-state index in [9.17, 15) is 0 Å². The van der Waals surface area contributed by atoms with Gasteiger partial charge in [0, 0.05) is 19.8 Å². The molecule has 13 heavy (non-hydrogen) atoms. The van der Waals surface area contributed by atoms with Crippen LogP contribution in [0.2, 0.25) is 13.1 Å². The Hall–Kier alpha value is -0.503. The standard InChI is InChI=1S/C11H20NSi/c1-8-7-10(12(3)4)11(9(8)2)13(5)6/h7,9H,1-6H3. The van der Waals surface area contributed by atoms with Crippen molar-refractivity contribution in [3.63, 3.8) is 0 Å². The molecule has 1 radical (unpaired) electrons. The van der Waals surface area contributed by atoms with Crippen molar-refractivity contribution in [2.75, 3.05) is 14.1 Å². The molecular weight excluding hydrogens is 174 g/mol. The summed E-state index contributed by atoms with van der Waals surface area (Å²) in [6.07, 6.45) is 2.34. The van der Waals surface area contributed by atoms with Gasteiger partial charge in [-0.05, 0) is 18.9 Å². The van der Waals surface area contributed by atoms with Crippen LogP contribution >= 0.6 is 0 Å². The summed E-state index contributed by atoms with van der Waals surface area (Å²) in [6.45, 7) is 9.33. The van der Waals surface area contributed by atoms with Gasteiger partial charge in [0.25, 0.3) is 0 Å². The molecule has 0 heterocycles.